The van der Waals surface area contributed by atoms with Gasteiger partial charge >= 0.3 is 0 Å². The number of sulfonamides is 1. The molecule has 0 bridgehead atoms. The SMILES string of the molecule is COC=C(C)c1cccc(S(N)(=O)=O)c1. The quantitative estimate of drug-likeness (QED) is 0.792. The summed E-state index contributed by atoms with van der Waals surface area (Å²) in [6.45, 7) is 1.83. The zero-order valence-electron chi connectivity index (χ0n) is 8.60. The van der Waals surface area contributed by atoms with Gasteiger partial charge in [-0.15, -0.1) is 0 Å². The van der Waals surface area contributed by atoms with Gasteiger partial charge < -0.3 is 4.74 Å². The summed E-state index contributed by atoms with van der Waals surface area (Å²) in [4.78, 5) is 0.101. The van der Waals surface area contributed by atoms with Gasteiger partial charge in [-0.05, 0) is 30.2 Å². The van der Waals surface area contributed by atoms with Crippen LogP contribution >= 0.6 is 0 Å². The Morgan fingerprint density at radius 2 is 2.13 bits per heavy atom. The van der Waals surface area contributed by atoms with Gasteiger partial charge in [0.1, 0.15) is 0 Å². The maximum Gasteiger partial charge on any atom is 0.238 e. The molecule has 1 rings (SSSR count). The van der Waals surface area contributed by atoms with Crippen LogP contribution in [0.1, 0.15) is 12.5 Å². The topological polar surface area (TPSA) is 69.4 Å². The molecule has 0 aromatic heterocycles. The molecule has 4 nitrogen and oxygen atoms in total. The minimum absolute atomic E-state index is 0.101. The van der Waals surface area contributed by atoms with E-state index < -0.39 is 10.0 Å². The smallest absolute Gasteiger partial charge is 0.238 e. The molecule has 0 aliphatic carbocycles. The van der Waals surface area contributed by atoms with E-state index in [1.54, 1.807) is 18.4 Å². The fourth-order valence-electron chi connectivity index (χ4n) is 1.16. The highest BCUT2D eigenvalue weighted by molar-refractivity contribution is 7.89. The maximum atomic E-state index is 11.1. The van der Waals surface area contributed by atoms with E-state index >= 15 is 0 Å². The van der Waals surface area contributed by atoms with Crippen LogP contribution in [-0.2, 0) is 14.8 Å². The van der Waals surface area contributed by atoms with Gasteiger partial charge in [-0.3, -0.25) is 0 Å². The summed E-state index contributed by atoms with van der Waals surface area (Å²) in [6, 6.07) is 6.40. The van der Waals surface area contributed by atoms with Crippen molar-refractivity contribution in [1.29, 1.82) is 0 Å². The van der Waals surface area contributed by atoms with E-state index in [2.05, 4.69) is 0 Å². The van der Waals surface area contributed by atoms with Crippen molar-refractivity contribution >= 4 is 15.6 Å². The zero-order chi connectivity index (χ0) is 11.5. The third-order valence-corrected chi connectivity index (χ3v) is 2.82. The summed E-state index contributed by atoms with van der Waals surface area (Å²) in [5.41, 5.74) is 1.60. The average Bonchev–Trinajstić information content (AvgIpc) is 2.17. The number of primary sulfonamides is 1. The Labute approximate surface area is 89.4 Å². The molecule has 0 saturated heterocycles. The van der Waals surface area contributed by atoms with E-state index in [0.717, 1.165) is 11.1 Å². The number of nitrogens with two attached hydrogens (primary N) is 1. The first-order valence-electron chi connectivity index (χ1n) is 4.28. The van der Waals surface area contributed by atoms with Crippen LogP contribution in [-0.4, -0.2) is 15.5 Å². The number of methoxy groups -OCH3 is 1. The summed E-state index contributed by atoms with van der Waals surface area (Å²) in [7, 11) is -2.11. The highest BCUT2D eigenvalue weighted by Gasteiger charge is 2.08. The van der Waals surface area contributed by atoms with Gasteiger partial charge in [0.2, 0.25) is 10.0 Å². The first-order chi connectivity index (χ1) is 6.95. The van der Waals surface area contributed by atoms with Crippen LogP contribution in [0, 0.1) is 0 Å². The highest BCUT2D eigenvalue weighted by atomic mass is 32.2. The van der Waals surface area contributed by atoms with Crippen LogP contribution in [0.2, 0.25) is 0 Å². The normalized spacial score (nSPS) is 12.6. The Morgan fingerprint density at radius 1 is 1.47 bits per heavy atom. The van der Waals surface area contributed by atoms with Gasteiger partial charge in [-0.2, -0.15) is 0 Å². The summed E-state index contributed by atoms with van der Waals surface area (Å²) in [6.07, 6.45) is 1.54. The second-order valence-electron chi connectivity index (χ2n) is 3.11. The third-order valence-electron chi connectivity index (χ3n) is 1.91. The Balaban J connectivity index is 3.20. The Hall–Kier alpha value is -1.33. The fourth-order valence-corrected chi connectivity index (χ4v) is 1.72. The van der Waals surface area contributed by atoms with E-state index in [9.17, 15) is 8.42 Å². The lowest BCUT2D eigenvalue weighted by Gasteiger charge is -2.03. The van der Waals surface area contributed by atoms with Crippen LogP contribution in [0.15, 0.2) is 35.4 Å². The number of hydrogen-bond acceptors (Lipinski definition) is 3. The molecule has 1 aromatic rings. The molecule has 0 fully saturated rings. The first kappa shape index (κ1) is 11.7. The maximum absolute atomic E-state index is 11.1. The van der Waals surface area contributed by atoms with Gasteiger partial charge in [-0.25, -0.2) is 13.6 Å². The van der Waals surface area contributed by atoms with E-state index in [1.165, 1.54) is 19.2 Å². The lowest BCUT2D eigenvalue weighted by molar-refractivity contribution is 0.339. The van der Waals surface area contributed by atoms with Gasteiger partial charge in [-0.1, -0.05) is 12.1 Å². The van der Waals surface area contributed by atoms with Crippen LogP contribution in [0.4, 0.5) is 0 Å². The van der Waals surface area contributed by atoms with Crippen molar-refractivity contribution in [2.24, 2.45) is 5.14 Å². The zero-order valence-corrected chi connectivity index (χ0v) is 9.41. The molecular weight excluding hydrogens is 214 g/mol. The van der Waals surface area contributed by atoms with Crippen LogP contribution in [0.5, 0.6) is 0 Å². The lowest BCUT2D eigenvalue weighted by Crippen LogP contribution is -2.12. The van der Waals surface area contributed by atoms with Crippen molar-refractivity contribution in [3.63, 3.8) is 0 Å². The number of benzene rings is 1. The molecule has 15 heavy (non-hydrogen) atoms. The number of allylic oxidation sites excluding steroid dienone is 1. The van der Waals surface area contributed by atoms with Crippen LogP contribution < -0.4 is 5.14 Å². The summed E-state index contributed by atoms with van der Waals surface area (Å²) >= 11 is 0. The van der Waals surface area contributed by atoms with Gasteiger partial charge in [0.15, 0.2) is 0 Å². The lowest BCUT2D eigenvalue weighted by atomic mass is 10.1. The van der Waals surface area contributed by atoms with Crippen LogP contribution in [0.25, 0.3) is 5.57 Å². The van der Waals surface area contributed by atoms with Crippen molar-refractivity contribution in [3.05, 3.63) is 36.1 Å². The Morgan fingerprint density at radius 3 is 2.67 bits per heavy atom. The largest absolute Gasteiger partial charge is 0.504 e. The number of rotatable bonds is 3. The van der Waals surface area contributed by atoms with Crippen LogP contribution in [0.3, 0.4) is 0 Å². The minimum atomic E-state index is -3.64. The highest BCUT2D eigenvalue weighted by Crippen LogP contribution is 2.17. The molecule has 0 amide bonds. The predicted octanol–water partition coefficient (Wildman–Crippen LogP) is 1.34. The molecule has 0 unspecified atom stereocenters. The molecule has 0 saturated carbocycles. The summed E-state index contributed by atoms with van der Waals surface area (Å²) in [5.74, 6) is 0. The van der Waals surface area contributed by atoms with Crippen molar-refractivity contribution in [2.45, 2.75) is 11.8 Å². The van der Waals surface area contributed by atoms with Gasteiger partial charge in [0.25, 0.3) is 0 Å². The van der Waals surface area contributed by atoms with E-state index in [4.69, 9.17) is 9.88 Å². The second-order valence-corrected chi connectivity index (χ2v) is 4.67. The molecule has 0 heterocycles. The van der Waals surface area contributed by atoms with Crippen molar-refractivity contribution in [2.75, 3.05) is 7.11 Å². The monoisotopic (exact) mass is 227 g/mol. The first-order valence-corrected chi connectivity index (χ1v) is 5.82. The molecule has 0 spiro atoms. The molecule has 0 aliphatic rings. The molecule has 5 heteroatoms. The predicted molar refractivity (Wildman–Crippen MR) is 58.5 cm³/mol. The molecule has 82 valence electrons. The number of hydrogen-bond donors (Lipinski definition) is 1. The van der Waals surface area contributed by atoms with Gasteiger partial charge in [0.05, 0.1) is 18.3 Å². The van der Waals surface area contributed by atoms with E-state index in [-0.39, 0.29) is 4.90 Å². The third kappa shape index (κ3) is 3.07. The van der Waals surface area contributed by atoms with Crippen molar-refractivity contribution in [3.8, 4) is 0 Å². The molecule has 0 aliphatic heterocycles. The Bertz CT molecular complexity index is 477. The molecular formula is C10H13NO3S. The van der Waals surface area contributed by atoms with Crippen molar-refractivity contribution < 1.29 is 13.2 Å². The second kappa shape index (κ2) is 4.46. The Kier molecular flexibility index (Phi) is 3.49. The molecule has 0 radical (unpaired) electrons. The fraction of sp³-hybridized carbons (Fsp3) is 0.200. The summed E-state index contributed by atoms with van der Waals surface area (Å²) < 4.78 is 27.0. The van der Waals surface area contributed by atoms with Crippen molar-refractivity contribution in [1.82, 2.24) is 0 Å². The summed E-state index contributed by atoms with van der Waals surface area (Å²) in [5, 5.41) is 5.02. The molecule has 2 N–H and O–H groups in total. The van der Waals surface area contributed by atoms with Gasteiger partial charge in [0, 0.05) is 0 Å². The molecule has 1 aromatic carbocycles. The average molecular weight is 227 g/mol. The minimum Gasteiger partial charge on any atom is -0.504 e. The van der Waals surface area contributed by atoms with E-state index in [0.29, 0.717) is 0 Å². The van der Waals surface area contributed by atoms with E-state index in [1.807, 2.05) is 6.92 Å². The standard InChI is InChI=1S/C10H13NO3S/c1-8(7-14-2)9-4-3-5-10(6-9)15(11,12)13/h3-7H,1-2H3,(H2,11,12,13). The molecule has 0 atom stereocenters. The number of ether oxygens (including phenoxy) is 1.